The van der Waals surface area contributed by atoms with Crippen LogP contribution >= 0.6 is 15.9 Å². The van der Waals surface area contributed by atoms with Crippen LogP contribution in [0.2, 0.25) is 0 Å². The molecule has 0 saturated carbocycles. The molecule has 0 aliphatic rings. The molecule has 100 valence electrons. The van der Waals surface area contributed by atoms with E-state index in [1.165, 1.54) is 19.2 Å². The van der Waals surface area contributed by atoms with E-state index in [9.17, 15) is 9.18 Å². The summed E-state index contributed by atoms with van der Waals surface area (Å²) in [7, 11) is 1.42. The van der Waals surface area contributed by atoms with Gasteiger partial charge in [-0.1, -0.05) is 15.9 Å². The fraction of sp³-hybridized carbons (Fsp3) is 0.167. The second kappa shape index (κ2) is 5.50. The average Bonchev–Trinajstić information content (AvgIpc) is 2.72. The lowest BCUT2D eigenvalue weighted by atomic mass is 10.2. The van der Waals surface area contributed by atoms with Gasteiger partial charge in [0, 0.05) is 17.1 Å². The van der Waals surface area contributed by atoms with Crippen molar-refractivity contribution in [1.29, 1.82) is 0 Å². The van der Waals surface area contributed by atoms with Gasteiger partial charge in [0.05, 0.1) is 6.61 Å². The van der Waals surface area contributed by atoms with Crippen LogP contribution in [0.1, 0.15) is 16.2 Å². The highest BCUT2D eigenvalue weighted by Gasteiger charge is 2.20. The van der Waals surface area contributed by atoms with Crippen LogP contribution < -0.4 is 0 Å². The predicted octanol–water partition coefficient (Wildman–Crippen LogP) is 3.09. The molecule has 0 amide bonds. The zero-order valence-electron chi connectivity index (χ0n) is 9.81. The van der Waals surface area contributed by atoms with Gasteiger partial charge in [0.15, 0.2) is 0 Å². The average molecular weight is 330 g/mol. The summed E-state index contributed by atoms with van der Waals surface area (Å²) >= 11 is 3.14. The topological polar surface area (TPSA) is 72.6 Å². The Morgan fingerprint density at radius 2 is 2.26 bits per heavy atom. The smallest absolute Gasteiger partial charge is 0.373 e. The number of aromatic carboxylic acids is 1. The molecule has 0 saturated heterocycles. The van der Waals surface area contributed by atoms with Crippen molar-refractivity contribution in [1.82, 2.24) is 4.98 Å². The van der Waals surface area contributed by atoms with Crippen molar-refractivity contribution in [2.45, 2.75) is 6.61 Å². The van der Waals surface area contributed by atoms with E-state index in [-0.39, 0.29) is 24.0 Å². The van der Waals surface area contributed by atoms with Crippen LogP contribution in [-0.4, -0.2) is 23.2 Å². The minimum atomic E-state index is -1.25. The largest absolute Gasteiger partial charge is 0.475 e. The highest BCUT2D eigenvalue weighted by atomic mass is 79.9. The molecular formula is C12H9BrFNO4. The first-order valence-electron chi connectivity index (χ1n) is 5.19. The molecule has 1 aromatic heterocycles. The fourth-order valence-electron chi connectivity index (χ4n) is 1.55. The van der Waals surface area contributed by atoms with Crippen molar-refractivity contribution in [3.05, 3.63) is 39.9 Å². The van der Waals surface area contributed by atoms with Crippen LogP contribution in [0.5, 0.6) is 0 Å². The number of halogens is 2. The molecule has 0 aliphatic heterocycles. The number of hydrogen-bond acceptors (Lipinski definition) is 4. The second-order valence-electron chi connectivity index (χ2n) is 3.69. The summed E-state index contributed by atoms with van der Waals surface area (Å²) in [5, 5.41) is 8.99. The van der Waals surface area contributed by atoms with Gasteiger partial charge in [-0.3, -0.25) is 0 Å². The fourth-order valence-corrected chi connectivity index (χ4v) is 2.02. The number of carbonyl (C=O) groups is 1. The summed E-state index contributed by atoms with van der Waals surface area (Å²) < 4.78 is 23.8. The normalized spacial score (nSPS) is 10.7. The summed E-state index contributed by atoms with van der Waals surface area (Å²) in [5.41, 5.74) is 0.502. The van der Waals surface area contributed by atoms with Crippen LogP contribution in [0.4, 0.5) is 4.39 Å². The van der Waals surface area contributed by atoms with Gasteiger partial charge in [-0.25, -0.2) is 14.2 Å². The quantitative estimate of drug-likeness (QED) is 0.933. The van der Waals surface area contributed by atoms with E-state index in [4.69, 9.17) is 14.3 Å². The third kappa shape index (κ3) is 2.99. The molecule has 0 bridgehead atoms. The van der Waals surface area contributed by atoms with Crippen molar-refractivity contribution < 1.29 is 23.4 Å². The number of nitrogens with zero attached hydrogens (tertiary/aromatic N) is 1. The van der Waals surface area contributed by atoms with Gasteiger partial charge in [0.25, 0.3) is 0 Å². The summed E-state index contributed by atoms with van der Waals surface area (Å²) in [6, 6.07) is 4.07. The van der Waals surface area contributed by atoms with Crippen LogP contribution in [-0.2, 0) is 11.3 Å². The zero-order valence-corrected chi connectivity index (χ0v) is 11.4. The van der Waals surface area contributed by atoms with E-state index in [2.05, 4.69) is 20.9 Å². The number of benzene rings is 1. The standard InChI is InChI=1S/C12H9BrFNO4/c1-18-5-9-10(12(16)17)19-11(15-9)6-2-7(13)4-8(14)3-6/h2-4H,5H2,1H3,(H,16,17). The maximum Gasteiger partial charge on any atom is 0.373 e. The van der Waals surface area contributed by atoms with Crippen LogP contribution in [0.15, 0.2) is 27.1 Å². The number of ether oxygens (including phenoxy) is 1. The van der Waals surface area contributed by atoms with Gasteiger partial charge in [-0.15, -0.1) is 0 Å². The molecule has 1 aromatic carbocycles. The molecule has 0 unspecified atom stereocenters. The summed E-state index contributed by atoms with van der Waals surface area (Å²) in [5.74, 6) is -2.00. The lowest BCUT2D eigenvalue weighted by Crippen LogP contribution is -2.00. The first kappa shape index (κ1) is 13.7. The van der Waals surface area contributed by atoms with Crippen molar-refractivity contribution >= 4 is 21.9 Å². The van der Waals surface area contributed by atoms with Crippen molar-refractivity contribution in [3.8, 4) is 11.5 Å². The Bertz CT molecular complexity index is 606. The monoisotopic (exact) mass is 329 g/mol. The SMILES string of the molecule is COCc1nc(-c2cc(F)cc(Br)c2)oc1C(=O)O. The van der Waals surface area contributed by atoms with E-state index < -0.39 is 11.8 Å². The first-order chi connectivity index (χ1) is 9.01. The van der Waals surface area contributed by atoms with E-state index in [1.807, 2.05) is 0 Å². The Hall–Kier alpha value is -1.73. The Kier molecular flexibility index (Phi) is 3.96. The molecule has 0 radical (unpaired) electrons. The number of hydrogen-bond donors (Lipinski definition) is 1. The van der Waals surface area contributed by atoms with Crippen LogP contribution in [0.25, 0.3) is 11.5 Å². The molecule has 0 aliphatic carbocycles. The lowest BCUT2D eigenvalue weighted by Gasteiger charge is -1.97. The van der Waals surface area contributed by atoms with Gasteiger partial charge < -0.3 is 14.3 Å². The van der Waals surface area contributed by atoms with Crippen molar-refractivity contribution in [2.75, 3.05) is 7.11 Å². The highest BCUT2D eigenvalue weighted by Crippen LogP contribution is 2.26. The molecule has 2 aromatic rings. The van der Waals surface area contributed by atoms with E-state index >= 15 is 0 Å². The number of methoxy groups -OCH3 is 1. The molecule has 0 spiro atoms. The van der Waals surface area contributed by atoms with E-state index in [0.717, 1.165) is 0 Å². The highest BCUT2D eigenvalue weighted by molar-refractivity contribution is 9.10. The van der Waals surface area contributed by atoms with E-state index in [0.29, 0.717) is 10.0 Å². The molecule has 5 nitrogen and oxygen atoms in total. The van der Waals surface area contributed by atoms with Gasteiger partial charge >= 0.3 is 5.97 Å². The number of carboxylic acids is 1. The van der Waals surface area contributed by atoms with Crippen molar-refractivity contribution in [3.63, 3.8) is 0 Å². The van der Waals surface area contributed by atoms with Gasteiger partial charge in [-0.2, -0.15) is 0 Å². The Labute approximate surface area is 116 Å². The molecule has 1 N–H and O–H groups in total. The van der Waals surface area contributed by atoms with Gasteiger partial charge in [0.2, 0.25) is 11.7 Å². The summed E-state index contributed by atoms with van der Waals surface area (Å²) in [4.78, 5) is 15.0. The maximum absolute atomic E-state index is 13.3. The molecule has 1 heterocycles. The number of rotatable bonds is 4. The summed E-state index contributed by atoms with van der Waals surface area (Å²) in [6.07, 6.45) is 0. The van der Waals surface area contributed by atoms with Crippen LogP contribution in [0.3, 0.4) is 0 Å². The van der Waals surface area contributed by atoms with Crippen molar-refractivity contribution in [2.24, 2.45) is 0 Å². The third-order valence-corrected chi connectivity index (χ3v) is 2.74. The third-order valence-electron chi connectivity index (χ3n) is 2.28. The molecule has 2 rings (SSSR count). The van der Waals surface area contributed by atoms with E-state index in [1.54, 1.807) is 6.07 Å². The minimum Gasteiger partial charge on any atom is -0.475 e. The molecule has 7 heteroatoms. The number of carboxylic acid groups (broad SMARTS) is 1. The second-order valence-corrected chi connectivity index (χ2v) is 4.61. The molecule has 0 fully saturated rings. The minimum absolute atomic E-state index is 0.00161. The zero-order chi connectivity index (χ0) is 14.0. The van der Waals surface area contributed by atoms with Gasteiger partial charge in [0.1, 0.15) is 11.5 Å². The van der Waals surface area contributed by atoms with Gasteiger partial charge in [-0.05, 0) is 18.2 Å². The number of aromatic nitrogens is 1. The Morgan fingerprint density at radius 1 is 1.53 bits per heavy atom. The first-order valence-corrected chi connectivity index (χ1v) is 5.99. The molecule has 19 heavy (non-hydrogen) atoms. The summed E-state index contributed by atoms with van der Waals surface area (Å²) in [6.45, 7) is 0.00161. The molecule has 0 atom stereocenters. The Balaban J connectivity index is 2.50. The predicted molar refractivity (Wildman–Crippen MR) is 67.3 cm³/mol. The maximum atomic E-state index is 13.3. The Morgan fingerprint density at radius 3 is 2.84 bits per heavy atom. The molecular weight excluding hydrogens is 321 g/mol. The number of oxazole rings is 1. The lowest BCUT2D eigenvalue weighted by molar-refractivity contribution is 0.0656. The van der Waals surface area contributed by atoms with Crippen LogP contribution in [0, 0.1) is 5.82 Å².